The number of ether oxygens (including phenoxy) is 2. The summed E-state index contributed by atoms with van der Waals surface area (Å²) in [5.41, 5.74) is 7.33. The summed E-state index contributed by atoms with van der Waals surface area (Å²) in [5, 5.41) is 2.11. The molecule has 1 aromatic carbocycles. The van der Waals surface area contributed by atoms with Gasteiger partial charge in [-0.2, -0.15) is 0 Å². The zero-order chi connectivity index (χ0) is 14.4. The van der Waals surface area contributed by atoms with Crippen LogP contribution in [0.2, 0.25) is 0 Å². The number of hydrogen-bond donors (Lipinski definition) is 1. The summed E-state index contributed by atoms with van der Waals surface area (Å²) >= 11 is 1.80. The highest BCUT2D eigenvalue weighted by Gasteiger charge is 2.12. The summed E-state index contributed by atoms with van der Waals surface area (Å²) in [6, 6.07) is 10.1. The fraction of sp³-hybridized carbons (Fsp3) is 0.375. The third-order valence-corrected chi connectivity index (χ3v) is 4.29. The first-order valence-electron chi connectivity index (χ1n) is 6.74. The van der Waals surface area contributed by atoms with E-state index in [9.17, 15) is 0 Å². The highest BCUT2D eigenvalue weighted by Crippen LogP contribution is 2.30. The van der Waals surface area contributed by atoms with E-state index in [2.05, 4.69) is 17.5 Å². The average Bonchev–Trinajstić information content (AvgIpc) is 2.99. The van der Waals surface area contributed by atoms with Crippen molar-refractivity contribution in [1.82, 2.24) is 0 Å². The first-order valence-corrected chi connectivity index (χ1v) is 7.62. The first-order chi connectivity index (χ1) is 9.74. The van der Waals surface area contributed by atoms with Gasteiger partial charge in [0.05, 0.1) is 14.2 Å². The summed E-state index contributed by atoms with van der Waals surface area (Å²) < 4.78 is 10.6. The molecule has 0 aliphatic carbocycles. The quantitative estimate of drug-likeness (QED) is 0.844. The van der Waals surface area contributed by atoms with Crippen LogP contribution >= 0.6 is 11.3 Å². The van der Waals surface area contributed by atoms with Crippen LogP contribution in [0.25, 0.3) is 0 Å². The Balaban J connectivity index is 1.95. The Bertz CT molecular complexity index is 525. The number of thiophene rings is 1. The number of hydrogen-bond acceptors (Lipinski definition) is 4. The molecule has 0 aliphatic heterocycles. The molecule has 0 radical (unpaired) electrons. The van der Waals surface area contributed by atoms with Crippen LogP contribution in [-0.2, 0) is 6.42 Å². The largest absolute Gasteiger partial charge is 0.497 e. The predicted molar refractivity (Wildman–Crippen MR) is 83.7 cm³/mol. The van der Waals surface area contributed by atoms with Crippen molar-refractivity contribution in [2.75, 3.05) is 14.2 Å². The van der Waals surface area contributed by atoms with E-state index in [4.69, 9.17) is 15.2 Å². The van der Waals surface area contributed by atoms with Gasteiger partial charge in [-0.3, -0.25) is 0 Å². The molecular weight excluding hydrogens is 270 g/mol. The summed E-state index contributed by atoms with van der Waals surface area (Å²) in [6.45, 7) is 0. The molecule has 0 saturated heterocycles. The van der Waals surface area contributed by atoms with Crippen LogP contribution in [0.1, 0.15) is 29.3 Å². The molecule has 2 aromatic rings. The van der Waals surface area contributed by atoms with E-state index in [1.807, 2.05) is 18.2 Å². The van der Waals surface area contributed by atoms with E-state index in [-0.39, 0.29) is 6.04 Å². The molecule has 0 bridgehead atoms. The van der Waals surface area contributed by atoms with Gasteiger partial charge in [0.2, 0.25) is 0 Å². The Hall–Kier alpha value is -1.52. The topological polar surface area (TPSA) is 44.5 Å². The van der Waals surface area contributed by atoms with Crippen LogP contribution in [-0.4, -0.2) is 14.2 Å². The van der Waals surface area contributed by atoms with Gasteiger partial charge < -0.3 is 15.2 Å². The summed E-state index contributed by atoms with van der Waals surface area (Å²) in [4.78, 5) is 1.42. The SMILES string of the molecule is COc1ccc(C(N)CCCc2cccs2)c(OC)c1. The molecule has 2 rings (SSSR count). The van der Waals surface area contributed by atoms with Gasteiger partial charge >= 0.3 is 0 Å². The summed E-state index contributed by atoms with van der Waals surface area (Å²) in [5.74, 6) is 1.59. The van der Waals surface area contributed by atoms with Gasteiger partial charge in [-0.1, -0.05) is 12.1 Å². The lowest BCUT2D eigenvalue weighted by atomic mass is 10.0. The summed E-state index contributed by atoms with van der Waals surface area (Å²) in [6.07, 6.45) is 3.11. The minimum Gasteiger partial charge on any atom is -0.497 e. The Kier molecular flexibility index (Phi) is 5.44. The van der Waals surface area contributed by atoms with Crippen LogP contribution in [0, 0.1) is 0 Å². The molecule has 0 saturated carbocycles. The summed E-state index contributed by atoms with van der Waals surface area (Å²) in [7, 11) is 3.31. The van der Waals surface area contributed by atoms with Crippen molar-refractivity contribution < 1.29 is 9.47 Å². The standard InChI is InChI=1S/C16H21NO2S/c1-18-12-8-9-14(16(11-12)19-2)15(17)7-3-5-13-6-4-10-20-13/h4,6,8-11,15H,3,5,7,17H2,1-2H3. The average molecular weight is 291 g/mol. The lowest BCUT2D eigenvalue weighted by Crippen LogP contribution is -2.12. The smallest absolute Gasteiger partial charge is 0.127 e. The van der Waals surface area contributed by atoms with Gasteiger partial charge in [-0.25, -0.2) is 0 Å². The Morgan fingerprint density at radius 2 is 2.05 bits per heavy atom. The zero-order valence-electron chi connectivity index (χ0n) is 12.0. The Morgan fingerprint density at radius 3 is 2.70 bits per heavy atom. The van der Waals surface area contributed by atoms with Crippen molar-refractivity contribution in [3.8, 4) is 11.5 Å². The number of rotatable bonds is 7. The molecule has 0 amide bonds. The van der Waals surface area contributed by atoms with E-state index in [1.54, 1.807) is 25.6 Å². The Labute approximate surface area is 124 Å². The van der Waals surface area contributed by atoms with Gasteiger partial charge in [0.15, 0.2) is 0 Å². The third-order valence-electron chi connectivity index (χ3n) is 3.36. The van der Waals surface area contributed by atoms with Crippen molar-refractivity contribution >= 4 is 11.3 Å². The van der Waals surface area contributed by atoms with Gasteiger partial charge in [0.1, 0.15) is 11.5 Å². The molecule has 1 aromatic heterocycles. The van der Waals surface area contributed by atoms with Crippen molar-refractivity contribution in [2.45, 2.75) is 25.3 Å². The normalized spacial score (nSPS) is 12.2. The predicted octanol–water partition coefficient (Wildman–Crippen LogP) is 3.79. The van der Waals surface area contributed by atoms with Crippen LogP contribution < -0.4 is 15.2 Å². The van der Waals surface area contributed by atoms with E-state index in [0.717, 1.165) is 36.3 Å². The first kappa shape index (κ1) is 14.9. The molecule has 1 heterocycles. The molecule has 4 heteroatoms. The van der Waals surface area contributed by atoms with Gasteiger partial charge in [-0.15, -0.1) is 11.3 Å². The highest BCUT2D eigenvalue weighted by atomic mass is 32.1. The molecule has 20 heavy (non-hydrogen) atoms. The zero-order valence-corrected chi connectivity index (χ0v) is 12.8. The molecule has 0 spiro atoms. The maximum atomic E-state index is 6.28. The highest BCUT2D eigenvalue weighted by molar-refractivity contribution is 7.09. The minimum absolute atomic E-state index is 0.00387. The van der Waals surface area contributed by atoms with Gasteiger partial charge in [-0.05, 0) is 36.8 Å². The second-order valence-electron chi connectivity index (χ2n) is 4.69. The van der Waals surface area contributed by atoms with Crippen molar-refractivity contribution in [2.24, 2.45) is 5.73 Å². The molecular formula is C16H21NO2S. The van der Waals surface area contributed by atoms with Crippen LogP contribution in [0.15, 0.2) is 35.7 Å². The van der Waals surface area contributed by atoms with E-state index in [0.29, 0.717) is 0 Å². The lowest BCUT2D eigenvalue weighted by Gasteiger charge is -2.16. The van der Waals surface area contributed by atoms with Crippen molar-refractivity contribution in [1.29, 1.82) is 0 Å². The molecule has 2 N–H and O–H groups in total. The van der Waals surface area contributed by atoms with Crippen molar-refractivity contribution in [3.05, 3.63) is 46.2 Å². The number of benzene rings is 1. The maximum absolute atomic E-state index is 6.28. The number of nitrogens with two attached hydrogens (primary N) is 1. The number of methoxy groups -OCH3 is 2. The fourth-order valence-electron chi connectivity index (χ4n) is 2.23. The van der Waals surface area contributed by atoms with Crippen molar-refractivity contribution in [3.63, 3.8) is 0 Å². The lowest BCUT2D eigenvalue weighted by molar-refractivity contribution is 0.387. The van der Waals surface area contributed by atoms with Crippen LogP contribution in [0.5, 0.6) is 11.5 Å². The van der Waals surface area contributed by atoms with E-state index >= 15 is 0 Å². The Morgan fingerprint density at radius 1 is 1.20 bits per heavy atom. The third kappa shape index (κ3) is 3.74. The fourth-order valence-corrected chi connectivity index (χ4v) is 2.98. The molecule has 1 atom stereocenters. The molecule has 108 valence electrons. The second kappa shape index (κ2) is 7.31. The minimum atomic E-state index is -0.00387. The molecule has 3 nitrogen and oxygen atoms in total. The van der Waals surface area contributed by atoms with Crippen LogP contribution in [0.4, 0.5) is 0 Å². The van der Waals surface area contributed by atoms with Gasteiger partial charge in [0, 0.05) is 22.5 Å². The molecule has 1 unspecified atom stereocenters. The van der Waals surface area contributed by atoms with E-state index in [1.165, 1.54) is 4.88 Å². The van der Waals surface area contributed by atoms with E-state index < -0.39 is 0 Å². The second-order valence-corrected chi connectivity index (χ2v) is 5.72. The number of aryl methyl sites for hydroxylation is 1. The molecule has 0 aliphatic rings. The monoisotopic (exact) mass is 291 g/mol. The maximum Gasteiger partial charge on any atom is 0.127 e. The van der Waals surface area contributed by atoms with Crippen LogP contribution in [0.3, 0.4) is 0 Å². The van der Waals surface area contributed by atoms with Gasteiger partial charge in [0.25, 0.3) is 0 Å². The molecule has 0 fully saturated rings.